The largest absolute Gasteiger partial charge is 0.353 e. The maximum Gasteiger partial charge on any atom is 0.245 e. The second-order valence-corrected chi connectivity index (χ2v) is 5.55. The van der Waals surface area contributed by atoms with Crippen molar-refractivity contribution in [2.75, 3.05) is 31.1 Å². The first kappa shape index (κ1) is 14.1. The molecule has 1 aliphatic heterocycles. The first-order valence-corrected chi connectivity index (χ1v) is 7.58. The highest BCUT2D eigenvalue weighted by Gasteiger charge is 2.22. The van der Waals surface area contributed by atoms with Crippen LogP contribution in [0.15, 0.2) is 10.6 Å². The fourth-order valence-electron chi connectivity index (χ4n) is 2.67. The van der Waals surface area contributed by atoms with Gasteiger partial charge in [-0.2, -0.15) is 4.98 Å². The number of nitrogens with zero attached hydrogens (tertiary/aromatic N) is 4. The molecule has 0 bridgehead atoms. The van der Waals surface area contributed by atoms with Crippen LogP contribution in [0.25, 0.3) is 11.6 Å². The fourth-order valence-corrected chi connectivity index (χ4v) is 2.67. The van der Waals surface area contributed by atoms with E-state index in [0.29, 0.717) is 11.6 Å². The number of hydrogen-bond acceptors (Lipinski definition) is 6. The Labute approximate surface area is 124 Å². The molecule has 7 nitrogen and oxygen atoms in total. The molecule has 1 fully saturated rings. The smallest absolute Gasteiger partial charge is 0.245 e. The minimum absolute atomic E-state index is 0.633. The number of nitrogens with one attached hydrogen (secondary N) is 2. The Kier molecular flexibility index (Phi) is 4.19. The molecule has 3 heterocycles. The number of aromatic amines is 1. The molecular formula is C14H22N6O. The molecule has 1 saturated heterocycles. The van der Waals surface area contributed by atoms with E-state index in [2.05, 4.69) is 37.5 Å². The van der Waals surface area contributed by atoms with E-state index in [0.717, 1.165) is 43.7 Å². The number of H-pyrrole nitrogens is 1. The Morgan fingerprint density at radius 2 is 2.24 bits per heavy atom. The summed E-state index contributed by atoms with van der Waals surface area (Å²) in [5.41, 5.74) is 0.840. The Bertz CT molecular complexity index is 570. The van der Waals surface area contributed by atoms with Gasteiger partial charge in [-0.1, -0.05) is 12.1 Å². The molecule has 0 aromatic carbocycles. The highest BCUT2D eigenvalue weighted by molar-refractivity contribution is 5.49. The van der Waals surface area contributed by atoms with Crippen LogP contribution in [0.4, 0.5) is 5.95 Å². The van der Waals surface area contributed by atoms with Crippen LogP contribution >= 0.6 is 0 Å². The van der Waals surface area contributed by atoms with Crippen LogP contribution in [0.1, 0.15) is 25.5 Å². The van der Waals surface area contributed by atoms with E-state index in [-0.39, 0.29) is 0 Å². The van der Waals surface area contributed by atoms with Gasteiger partial charge >= 0.3 is 0 Å². The summed E-state index contributed by atoms with van der Waals surface area (Å²) in [5.74, 6) is 2.78. The highest BCUT2D eigenvalue weighted by atomic mass is 16.5. The summed E-state index contributed by atoms with van der Waals surface area (Å²) in [7, 11) is 0. The molecule has 21 heavy (non-hydrogen) atoms. The second kappa shape index (κ2) is 6.26. The molecule has 7 heteroatoms. The normalized spacial score (nSPS) is 16.6. The molecule has 0 radical (unpaired) electrons. The average Bonchev–Trinajstić information content (AvgIpc) is 3.14. The van der Waals surface area contributed by atoms with E-state index in [1.54, 1.807) is 0 Å². The van der Waals surface area contributed by atoms with Gasteiger partial charge in [0.15, 0.2) is 5.82 Å². The molecule has 0 unspecified atom stereocenters. The van der Waals surface area contributed by atoms with E-state index >= 15 is 0 Å². The summed E-state index contributed by atoms with van der Waals surface area (Å²) in [6, 6.07) is 1.85. The molecule has 0 aliphatic carbocycles. The topological polar surface area (TPSA) is 82.9 Å². The summed E-state index contributed by atoms with van der Waals surface area (Å²) < 4.78 is 5.20. The summed E-state index contributed by atoms with van der Waals surface area (Å²) in [5, 5.41) is 14.5. The molecule has 0 atom stereocenters. The van der Waals surface area contributed by atoms with Crippen LogP contribution in [0, 0.1) is 12.8 Å². The van der Waals surface area contributed by atoms with Gasteiger partial charge in [0.2, 0.25) is 11.7 Å². The van der Waals surface area contributed by atoms with E-state index < -0.39 is 0 Å². The van der Waals surface area contributed by atoms with E-state index in [9.17, 15) is 0 Å². The molecule has 2 aromatic heterocycles. The zero-order valence-corrected chi connectivity index (χ0v) is 12.6. The lowest BCUT2D eigenvalue weighted by molar-refractivity contribution is 0.384. The number of hydrogen-bond donors (Lipinski definition) is 2. The first-order chi connectivity index (χ1) is 10.3. The van der Waals surface area contributed by atoms with Crippen molar-refractivity contribution in [1.82, 2.24) is 25.7 Å². The summed E-state index contributed by atoms with van der Waals surface area (Å²) in [6.45, 7) is 8.20. The van der Waals surface area contributed by atoms with Gasteiger partial charge in [-0.25, -0.2) is 0 Å². The van der Waals surface area contributed by atoms with Crippen molar-refractivity contribution < 1.29 is 4.52 Å². The zero-order chi connectivity index (χ0) is 14.7. The lowest BCUT2D eigenvalue weighted by Crippen LogP contribution is -2.37. The van der Waals surface area contributed by atoms with Crippen molar-refractivity contribution in [1.29, 1.82) is 0 Å². The lowest BCUT2D eigenvalue weighted by Gasteiger charge is -2.31. The summed E-state index contributed by atoms with van der Waals surface area (Å²) in [6.07, 6.45) is 2.36. The predicted molar refractivity (Wildman–Crippen MR) is 80.1 cm³/mol. The average molecular weight is 290 g/mol. The molecule has 0 saturated carbocycles. The summed E-state index contributed by atoms with van der Waals surface area (Å²) in [4.78, 5) is 6.74. The molecular weight excluding hydrogens is 268 g/mol. The van der Waals surface area contributed by atoms with Crippen molar-refractivity contribution in [3.8, 4) is 11.6 Å². The molecule has 1 aliphatic rings. The second-order valence-electron chi connectivity index (χ2n) is 5.55. The Morgan fingerprint density at radius 3 is 2.90 bits per heavy atom. The number of aromatic nitrogens is 4. The van der Waals surface area contributed by atoms with Gasteiger partial charge in [-0.15, -0.1) is 5.10 Å². The Morgan fingerprint density at radius 1 is 1.43 bits per heavy atom. The third kappa shape index (κ3) is 3.24. The van der Waals surface area contributed by atoms with Gasteiger partial charge < -0.3 is 14.7 Å². The third-order valence-corrected chi connectivity index (χ3v) is 3.92. The van der Waals surface area contributed by atoms with Crippen LogP contribution in [-0.2, 0) is 0 Å². The van der Waals surface area contributed by atoms with Gasteiger partial charge in [-0.3, -0.25) is 5.10 Å². The Hall–Kier alpha value is -1.89. The van der Waals surface area contributed by atoms with Gasteiger partial charge in [-0.05, 0) is 38.8 Å². The summed E-state index contributed by atoms with van der Waals surface area (Å²) >= 11 is 0. The van der Waals surface area contributed by atoms with Gasteiger partial charge in [0.1, 0.15) is 0 Å². The number of rotatable bonds is 5. The van der Waals surface area contributed by atoms with Crippen LogP contribution in [-0.4, -0.2) is 46.5 Å². The van der Waals surface area contributed by atoms with Gasteiger partial charge in [0.25, 0.3) is 0 Å². The van der Waals surface area contributed by atoms with Crippen LogP contribution in [0.3, 0.4) is 0 Å². The third-order valence-electron chi connectivity index (χ3n) is 3.92. The molecule has 0 spiro atoms. The quantitative estimate of drug-likeness (QED) is 0.870. The number of piperidine rings is 1. The first-order valence-electron chi connectivity index (χ1n) is 7.58. The van der Waals surface area contributed by atoms with Crippen LogP contribution < -0.4 is 10.2 Å². The minimum atomic E-state index is 0.633. The maximum atomic E-state index is 5.20. The lowest BCUT2D eigenvalue weighted by atomic mass is 9.97. The van der Waals surface area contributed by atoms with Gasteiger partial charge in [0.05, 0.1) is 5.69 Å². The molecule has 114 valence electrons. The van der Waals surface area contributed by atoms with Crippen molar-refractivity contribution in [2.24, 2.45) is 5.92 Å². The fraction of sp³-hybridized carbons (Fsp3) is 0.643. The maximum absolute atomic E-state index is 5.20. The molecule has 2 aromatic rings. The standard InChI is InChI=1S/C14H22N6O/c1-3-15-9-11-4-6-20(7-5-11)14-16-13(17-18-14)12-8-10(2)19-21-12/h8,11,15H,3-7,9H2,1-2H3,(H,16,17,18). The number of aryl methyl sites for hydroxylation is 1. The van der Waals surface area contributed by atoms with Crippen molar-refractivity contribution in [3.63, 3.8) is 0 Å². The SMILES string of the molecule is CCNCC1CCN(c2n[nH]c(-c3cc(C)no3)n2)CC1. The molecule has 2 N–H and O–H groups in total. The van der Waals surface area contributed by atoms with E-state index in [1.165, 1.54) is 12.8 Å². The van der Waals surface area contributed by atoms with E-state index in [4.69, 9.17) is 4.52 Å². The van der Waals surface area contributed by atoms with Crippen molar-refractivity contribution >= 4 is 5.95 Å². The number of anilines is 1. The Balaban J connectivity index is 1.60. The van der Waals surface area contributed by atoms with Crippen molar-refractivity contribution in [2.45, 2.75) is 26.7 Å². The highest BCUT2D eigenvalue weighted by Crippen LogP contribution is 2.22. The predicted octanol–water partition coefficient (Wildman–Crippen LogP) is 1.59. The molecule has 3 rings (SSSR count). The van der Waals surface area contributed by atoms with Crippen LogP contribution in [0.2, 0.25) is 0 Å². The van der Waals surface area contributed by atoms with Crippen LogP contribution in [0.5, 0.6) is 0 Å². The van der Waals surface area contributed by atoms with Gasteiger partial charge in [0, 0.05) is 19.2 Å². The van der Waals surface area contributed by atoms with Crippen molar-refractivity contribution in [3.05, 3.63) is 11.8 Å². The monoisotopic (exact) mass is 290 g/mol. The van der Waals surface area contributed by atoms with E-state index in [1.807, 2.05) is 13.0 Å². The zero-order valence-electron chi connectivity index (χ0n) is 12.6. The molecule has 0 amide bonds. The minimum Gasteiger partial charge on any atom is -0.353 e.